The molecular weight excluding hydrogens is 209 g/mol. The molecule has 1 amide bonds. The number of amides is 1. The zero-order chi connectivity index (χ0) is 12.6. The van der Waals surface area contributed by atoms with Crippen molar-refractivity contribution in [2.24, 2.45) is 0 Å². The van der Waals surface area contributed by atoms with Crippen molar-refractivity contribution in [1.82, 2.24) is 5.32 Å². The minimum absolute atomic E-state index is 0.288. The van der Waals surface area contributed by atoms with Gasteiger partial charge < -0.3 is 10.1 Å². The van der Waals surface area contributed by atoms with E-state index in [1.165, 1.54) is 12.2 Å². The van der Waals surface area contributed by atoms with E-state index in [0.29, 0.717) is 0 Å². The van der Waals surface area contributed by atoms with Crippen molar-refractivity contribution in [2.45, 2.75) is 26.4 Å². The van der Waals surface area contributed by atoms with Crippen molar-refractivity contribution in [3.05, 3.63) is 36.7 Å². The Kier molecular flexibility index (Phi) is 6.15. The molecule has 0 saturated heterocycles. The molecule has 0 aliphatic rings. The van der Waals surface area contributed by atoms with Crippen LogP contribution in [0.15, 0.2) is 36.7 Å². The van der Waals surface area contributed by atoms with Crippen LogP contribution >= 0.6 is 0 Å². The number of carbonyl (C=O) groups excluding carboxylic acids is 1. The normalized spacial score (nSPS) is 12.6. The zero-order valence-electron chi connectivity index (χ0n) is 9.92. The molecule has 0 rings (SSSR count). The molecule has 0 spiro atoms. The van der Waals surface area contributed by atoms with Crippen molar-refractivity contribution < 1.29 is 13.9 Å². The average molecular weight is 227 g/mol. The summed E-state index contributed by atoms with van der Waals surface area (Å²) < 4.78 is 17.5. The summed E-state index contributed by atoms with van der Waals surface area (Å²) >= 11 is 0. The molecule has 16 heavy (non-hydrogen) atoms. The van der Waals surface area contributed by atoms with Crippen LogP contribution in [0.2, 0.25) is 0 Å². The van der Waals surface area contributed by atoms with Gasteiger partial charge in [0.15, 0.2) is 0 Å². The third-order valence-corrected chi connectivity index (χ3v) is 1.35. The van der Waals surface area contributed by atoms with Crippen molar-refractivity contribution in [3.8, 4) is 0 Å². The van der Waals surface area contributed by atoms with Crippen LogP contribution in [0.4, 0.5) is 9.18 Å². The van der Waals surface area contributed by atoms with Gasteiger partial charge in [-0.05, 0) is 32.9 Å². The second-order valence-electron chi connectivity index (χ2n) is 4.07. The molecule has 0 atom stereocenters. The van der Waals surface area contributed by atoms with Crippen LogP contribution in [0.5, 0.6) is 0 Å². The Morgan fingerprint density at radius 1 is 1.50 bits per heavy atom. The van der Waals surface area contributed by atoms with E-state index in [0.717, 1.165) is 6.08 Å². The van der Waals surface area contributed by atoms with Gasteiger partial charge in [0, 0.05) is 6.54 Å². The number of halogens is 1. The Labute approximate surface area is 95.7 Å². The Hall–Kier alpha value is -1.58. The fourth-order valence-corrected chi connectivity index (χ4v) is 0.752. The lowest BCUT2D eigenvalue weighted by molar-refractivity contribution is 0.0534. The Morgan fingerprint density at radius 3 is 2.62 bits per heavy atom. The van der Waals surface area contributed by atoms with Crippen LogP contribution in [0.1, 0.15) is 20.8 Å². The van der Waals surface area contributed by atoms with Crippen LogP contribution in [0, 0.1) is 0 Å². The van der Waals surface area contributed by atoms with Gasteiger partial charge in [-0.2, -0.15) is 0 Å². The van der Waals surface area contributed by atoms with E-state index in [1.54, 1.807) is 26.8 Å². The first-order chi connectivity index (χ1) is 7.35. The van der Waals surface area contributed by atoms with Gasteiger partial charge in [0.2, 0.25) is 0 Å². The number of hydrogen-bond acceptors (Lipinski definition) is 2. The molecule has 90 valence electrons. The predicted octanol–water partition coefficient (Wildman–Crippen LogP) is 3.11. The average Bonchev–Trinajstić information content (AvgIpc) is 2.14. The number of nitrogens with one attached hydrogen (secondary N) is 1. The van der Waals surface area contributed by atoms with Gasteiger partial charge >= 0.3 is 6.09 Å². The van der Waals surface area contributed by atoms with Crippen LogP contribution in [0.25, 0.3) is 0 Å². The van der Waals surface area contributed by atoms with E-state index < -0.39 is 17.5 Å². The maximum Gasteiger partial charge on any atom is 0.407 e. The van der Waals surface area contributed by atoms with Gasteiger partial charge in [0.1, 0.15) is 11.4 Å². The fourth-order valence-electron chi connectivity index (χ4n) is 0.752. The molecule has 0 unspecified atom stereocenters. The molecule has 1 N–H and O–H groups in total. The predicted molar refractivity (Wildman–Crippen MR) is 62.8 cm³/mol. The topological polar surface area (TPSA) is 38.3 Å². The molecule has 0 saturated carbocycles. The monoisotopic (exact) mass is 227 g/mol. The Balaban J connectivity index is 3.83. The molecule has 0 aromatic heterocycles. The van der Waals surface area contributed by atoms with E-state index >= 15 is 0 Å². The number of allylic oxidation sites excluding steroid dienone is 4. The van der Waals surface area contributed by atoms with Crippen LogP contribution in [-0.4, -0.2) is 18.2 Å². The highest BCUT2D eigenvalue weighted by Gasteiger charge is 2.14. The van der Waals surface area contributed by atoms with E-state index in [4.69, 9.17) is 4.74 Å². The summed E-state index contributed by atoms with van der Waals surface area (Å²) in [5, 5.41) is 2.51. The molecule has 0 bridgehead atoms. The molecule has 0 aliphatic carbocycles. The summed E-state index contributed by atoms with van der Waals surface area (Å²) in [4.78, 5) is 11.1. The first-order valence-electron chi connectivity index (χ1n) is 4.97. The molecular formula is C12H18FNO2. The third-order valence-electron chi connectivity index (χ3n) is 1.35. The first kappa shape index (κ1) is 14.4. The quantitative estimate of drug-likeness (QED) is 0.749. The lowest BCUT2D eigenvalue weighted by atomic mass is 10.2. The van der Waals surface area contributed by atoms with Gasteiger partial charge in [0.25, 0.3) is 0 Å². The second-order valence-corrected chi connectivity index (χ2v) is 4.07. The van der Waals surface area contributed by atoms with Gasteiger partial charge in [-0.1, -0.05) is 18.7 Å². The molecule has 0 aromatic carbocycles. The van der Waals surface area contributed by atoms with Gasteiger partial charge in [-0.15, -0.1) is 0 Å². The highest BCUT2D eigenvalue weighted by Crippen LogP contribution is 2.06. The number of rotatable bonds is 4. The Bertz CT molecular complexity index is 301. The zero-order valence-corrected chi connectivity index (χ0v) is 9.92. The first-order valence-corrected chi connectivity index (χ1v) is 4.97. The standard InChI is InChI=1S/C12H18FNO2/c1-5-10(13)8-6-7-9-14-11(15)16-12(2,3)4/h5-8H,1,9H2,2-4H3,(H,14,15)/b7-6-,10-8+. The van der Waals surface area contributed by atoms with Gasteiger partial charge in [-0.25, -0.2) is 9.18 Å². The SMILES string of the molecule is C=C/C(F)=C\C=C/CNC(=O)OC(C)(C)C. The number of alkyl carbamates (subject to hydrolysis) is 1. The number of hydrogen-bond donors (Lipinski definition) is 1. The molecule has 3 nitrogen and oxygen atoms in total. The molecule has 0 fully saturated rings. The minimum Gasteiger partial charge on any atom is -0.444 e. The lowest BCUT2D eigenvalue weighted by Crippen LogP contribution is -2.32. The van der Waals surface area contributed by atoms with Gasteiger partial charge in [-0.3, -0.25) is 0 Å². The molecule has 0 heterocycles. The minimum atomic E-state index is -0.511. The maximum atomic E-state index is 12.5. The number of ether oxygens (including phenoxy) is 1. The summed E-state index contributed by atoms with van der Waals surface area (Å²) in [5.74, 6) is -0.423. The summed E-state index contributed by atoms with van der Waals surface area (Å²) in [5.41, 5.74) is -0.511. The van der Waals surface area contributed by atoms with E-state index in [9.17, 15) is 9.18 Å². The molecule has 0 aliphatic heterocycles. The fraction of sp³-hybridized carbons (Fsp3) is 0.417. The highest BCUT2D eigenvalue weighted by atomic mass is 19.1. The second kappa shape index (κ2) is 6.82. The van der Waals surface area contributed by atoms with Crippen molar-refractivity contribution in [1.29, 1.82) is 0 Å². The van der Waals surface area contributed by atoms with Crippen molar-refractivity contribution in [3.63, 3.8) is 0 Å². The molecule has 4 heteroatoms. The van der Waals surface area contributed by atoms with Crippen molar-refractivity contribution >= 4 is 6.09 Å². The van der Waals surface area contributed by atoms with E-state index in [-0.39, 0.29) is 6.54 Å². The van der Waals surface area contributed by atoms with Crippen molar-refractivity contribution in [2.75, 3.05) is 6.54 Å². The number of carbonyl (C=O) groups is 1. The Morgan fingerprint density at radius 2 is 2.12 bits per heavy atom. The smallest absolute Gasteiger partial charge is 0.407 e. The van der Waals surface area contributed by atoms with Crippen LogP contribution < -0.4 is 5.32 Å². The largest absolute Gasteiger partial charge is 0.444 e. The summed E-state index contributed by atoms with van der Waals surface area (Å²) in [6, 6.07) is 0. The summed E-state index contributed by atoms with van der Waals surface area (Å²) in [7, 11) is 0. The third kappa shape index (κ3) is 8.99. The van der Waals surface area contributed by atoms with E-state index in [1.807, 2.05) is 0 Å². The lowest BCUT2D eigenvalue weighted by Gasteiger charge is -2.19. The molecule has 0 aromatic rings. The molecule has 0 radical (unpaired) electrons. The highest BCUT2D eigenvalue weighted by molar-refractivity contribution is 5.67. The van der Waals surface area contributed by atoms with Crippen LogP contribution in [-0.2, 0) is 4.74 Å². The summed E-state index contributed by atoms with van der Waals surface area (Å²) in [6.45, 7) is 8.90. The maximum absolute atomic E-state index is 12.5. The van der Waals surface area contributed by atoms with Crippen LogP contribution in [0.3, 0.4) is 0 Å². The van der Waals surface area contributed by atoms with Gasteiger partial charge in [0.05, 0.1) is 0 Å². The summed E-state index contributed by atoms with van der Waals surface area (Å²) in [6.07, 6.45) is 4.96. The van der Waals surface area contributed by atoms with E-state index in [2.05, 4.69) is 11.9 Å².